The molecular weight excluding hydrogens is 349 g/mol. The molecule has 1 amide bonds. The molecule has 0 bridgehead atoms. The van der Waals surface area contributed by atoms with Crippen molar-refractivity contribution in [2.45, 2.75) is 32.4 Å². The van der Waals surface area contributed by atoms with E-state index < -0.39 is 0 Å². The van der Waals surface area contributed by atoms with Gasteiger partial charge in [-0.25, -0.2) is 4.39 Å². The molecule has 0 radical (unpaired) electrons. The van der Waals surface area contributed by atoms with Crippen molar-refractivity contribution >= 4 is 22.9 Å². The average Bonchev–Trinajstić information content (AvgIpc) is 3.17. The summed E-state index contributed by atoms with van der Waals surface area (Å²) in [6.45, 7) is 7.83. The van der Waals surface area contributed by atoms with Crippen LogP contribution in [0, 0.1) is 5.82 Å². The fourth-order valence-electron chi connectivity index (χ4n) is 3.72. The van der Waals surface area contributed by atoms with Crippen LogP contribution in [0.25, 0.3) is 0 Å². The summed E-state index contributed by atoms with van der Waals surface area (Å²) in [7, 11) is 0. The molecule has 140 valence electrons. The quantitative estimate of drug-likeness (QED) is 0.811. The van der Waals surface area contributed by atoms with Crippen LogP contribution < -0.4 is 15.1 Å². The van der Waals surface area contributed by atoms with Crippen molar-refractivity contribution in [1.29, 1.82) is 0 Å². The second-order valence-corrected chi connectivity index (χ2v) is 7.80. The van der Waals surface area contributed by atoms with Crippen LogP contribution in [-0.4, -0.2) is 38.1 Å². The van der Waals surface area contributed by atoms with Gasteiger partial charge in [0.15, 0.2) is 0 Å². The van der Waals surface area contributed by atoms with Gasteiger partial charge >= 0.3 is 0 Å². The Labute approximate surface area is 158 Å². The first-order valence-corrected chi connectivity index (χ1v) is 10.1. The number of anilines is 1. The third-order valence-electron chi connectivity index (χ3n) is 5.10. The topological polar surface area (TPSA) is 36.8 Å². The fourth-order valence-corrected chi connectivity index (χ4v) is 4.71. The predicted octanol–water partition coefficient (Wildman–Crippen LogP) is 2.25. The smallest absolute Gasteiger partial charge is 0.220 e. The number of hydrogen-bond acceptors (Lipinski definition) is 3. The Morgan fingerprint density at radius 3 is 2.54 bits per heavy atom. The van der Waals surface area contributed by atoms with E-state index in [0.29, 0.717) is 6.42 Å². The summed E-state index contributed by atoms with van der Waals surface area (Å²) in [6, 6.07) is 11.3. The summed E-state index contributed by atoms with van der Waals surface area (Å²) in [5, 5.41) is 5.26. The number of carbonyl (C=O) groups excluding carboxylic acids is 1. The zero-order valence-electron chi connectivity index (χ0n) is 15.4. The number of thiophene rings is 1. The SMILES string of the molecule is CCC(=O)N[C@H](C)[C@@H](c1cccs1)[NH+]1CCN(c2ccc(F)cc2)CC1. The molecule has 6 heteroatoms. The number of nitrogens with one attached hydrogen (secondary N) is 2. The Kier molecular flexibility index (Phi) is 6.27. The lowest BCUT2D eigenvalue weighted by molar-refractivity contribution is -0.933. The van der Waals surface area contributed by atoms with E-state index in [-0.39, 0.29) is 23.8 Å². The summed E-state index contributed by atoms with van der Waals surface area (Å²) in [4.78, 5) is 17.0. The summed E-state index contributed by atoms with van der Waals surface area (Å²) >= 11 is 1.76. The van der Waals surface area contributed by atoms with Crippen LogP contribution in [0.5, 0.6) is 0 Å². The van der Waals surface area contributed by atoms with Gasteiger partial charge in [0.25, 0.3) is 0 Å². The van der Waals surface area contributed by atoms with Gasteiger partial charge in [-0.1, -0.05) is 13.0 Å². The van der Waals surface area contributed by atoms with Crippen LogP contribution in [0.4, 0.5) is 10.1 Å². The van der Waals surface area contributed by atoms with Crippen LogP contribution in [0.2, 0.25) is 0 Å². The molecular formula is C20H27FN3OS+. The predicted molar refractivity (Wildman–Crippen MR) is 104 cm³/mol. The summed E-state index contributed by atoms with van der Waals surface area (Å²) in [5.41, 5.74) is 1.07. The van der Waals surface area contributed by atoms with Crippen molar-refractivity contribution in [1.82, 2.24) is 5.32 Å². The summed E-state index contributed by atoms with van der Waals surface area (Å²) in [5.74, 6) is -0.0975. The number of nitrogens with zero attached hydrogens (tertiary/aromatic N) is 1. The van der Waals surface area contributed by atoms with Crippen molar-refractivity contribution < 1.29 is 14.1 Å². The van der Waals surface area contributed by atoms with E-state index >= 15 is 0 Å². The second-order valence-electron chi connectivity index (χ2n) is 6.82. The number of rotatable bonds is 6. The van der Waals surface area contributed by atoms with Gasteiger partial charge in [-0.05, 0) is 42.6 Å². The molecule has 2 N–H and O–H groups in total. The minimum Gasteiger partial charge on any atom is -0.360 e. The molecule has 1 aliphatic rings. The largest absolute Gasteiger partial charge is 0.360 e. The van der Waals surface area contributed by atoms with Crippen molar-refractivity contribution in [3.05, 3.63) is 52.5 Å². The summed E-state index contributed by atoms with van der Waals surface area (Å²) < 4.78 is 13.1. The van der Waals surface area contributed by atoms with Gasteiger partial charge < -0.3 is 15.1 Å². The van der Waals surface area contributed by atoms with Crippen LogP contribution in [0.3, 0.4) is 0 Å². The molecule has 2 heterocycles. The number of amides is 1. The first-order valence-electron chi connectivity index (χ1n) is 9.26. The minimum absolute atomic E-state index is 0.0912. The molecule has 0 unspecified atom stereocenters. The Hall–Kier alpha value is -1.92. The number of benzene rings is 1. The Balaban J connectivity index is 1.69. The molecule has 3 rings (SSSR count). The molecule has 0 aliphatic carbocycles. The van der Waals surface area contributed by atoms with Gasteiger partial charge in [0, 0.05) is 12.1 Å². The van der Waals surface area contributed by atoms with Crippen molar-refractivity contribution in [3.63, 3.8) is 0 Å². The van der Waals surface area contributed by atoms with Gasteiger partial charge in [-0.15, -0.1) is 11.3 Å². The minimum atomic E-state index is -0.198. The molecule has 1 aliphatic heterocycles. The maximum Gasteiger partial charge on any atom is 0.220 e. The lowest BCUT2D eigenvalue weighted by Gasteiger charge is -2.39. The van der Waals surface area contributed by atoms with Crippen molar-refractivity contribution in [2.75, 3.05) is 31.1 Å². The Bertz CT molecular complexity index is 696. The Morgan fingerprint density at radius 2 is 1.96 bits per heavy atom. The van der Waals surface area contributed by atoms with Gasteiger partial charge in [0.2, 0.25) is 5.91 Å². The molecule has 4 nitrogen and oxygen atoms in total. The van der Waals surface area contributed by atoms with Gasteiger partial charge in [0.1, 0.15) is 11.9 Å². The van der Waals surface area contributed by atoms with Gasteiger partial charge in [0.05, 0.1) is 37.1 Å². The maximum absolute atomic E-state index is 13.1. The highest BCUT2D eigenvalue weighted by molar-refractivity contribution is 7.10. The first-order chi connectivity index (χ1) is 12.6. The number of quaternary nitrogens is 1. The molecule has 26 heavy (non-hydrogen) atoms. The molecule has 1 aromatic carbocycles. The Morgan fingerprint density at radius 1 is 1.27 bits per heavy atom. The molecule has 1 aromatic heterocycles. The number of carbonyl (C=O) groups is 1. The van der Waals surface area contributed by atoms with E-state index in [4.69, 9.17) is 0 Å². The van der Waals surface area contributed by atoms with E-state index in [1.807, 2.05) is 19.1 Å². The maximum atomic E-state index is 13.1. The zero-order valence-corrected chi connectivity index (χ0v) is 16.2. The van der Waals surface area contributed by atoms with Crippen LogP contribution in [0.1, 0.15) is 31.2 Å². The highest BCUT2D eigenvalue weighted by Gasteiger charge is 2.34. The molecule has 2 aromatic rings. The van der Waals surface area contributed by atoms with Crippen LogP contribution >= 0.6 is 11.3 Å². The number of halogens is 1. The first kappa shape index (κ1) is 18.9. The lowest BCUT2D eigenvalue weighted by atomic mass is 10.0. The molecule has 2 atom stereocenters. The third-order valence-corrected chi connectivity index (χ3v) is 6.05. The lowest BCUT2D eigenvalue weighted by Crippen LogP contribution is -3.16. The van der Waals surface area contributed by atoms with Crippen molar-refractivity contribution in [3.8, 4) is 0 Å². The van der Waals surface area contributed by atoms with Gasteiger partial charge in [-0.3, -0.25) is 4.79 Å². The normalized spacial score (nSPS) is 17.7. The molecule has 1 fully saturated rings. The van der Waals surface area contributed by atoms with Gasteiger partial charge in [-0.2, -0.15) is 0 Å². The highest BCUT2D eigenvalue weighted by atomic mass is 32.1. The molecule has 0 spiro atoms. The van der Waals surface area contributed by atoms with E-state index in [1.54, 1.807) is 11.3 Å². The van der Waals surface area contributed by atoms with E-state index in [1.165, 1.54) is 21.9 Å². The molecule has 0 saturated carbocycles. The van der Waals surface area contributed by atoms with Crippen LogP contribution in [0.15, 0.2) is 41.8 Å². The third kappa shape index (κ3) is 4.43. The van der Waals surface area contributed by atoms with E-state index in [0.717, 1.165) is 31.9 Å². The average molecular weight is 377 g/mol. The number of hydrogen-bond donors (Lipinski definition) is 2. The fraction of sp³-hybridized carbons (Fsp3) is 0.450. The number of piperazine rings is 1. The zero-order chi connectivity index (χ0) is 18.5. The highest BCUT2D eigenvalue weighted by Crippen LogP contribution is 2.21. The van der Waals surface area contributed by atoms with E-state index in [2.05, 4.69) is 34.7 Å². The summed E-state index contributed by atoms with van der Waals surface area (Å²) in [6.07, 6.45) is 0.509. The van der Waals surface area contributed by atoms with Crippen molar-refractivity contribution in [2.24, 2.45) is 0 Å². The van der Waals surface area contributed by atoms with E-state index in [9.17, 15) is 9.18 Å². The second kappa shape index (κ2) is 8.64. The van der Waals surface area contributed by atoms with Crippen LogP contribution in [-0.2, 0) is 4.79 Å². The molecule has 1 saturated heterocycles. The monoisotopic (exact) mass is 376 g/mol. The standard InChI is InChI=1S/C20H26FN3OS/c1-3-19(25)22-15(2)20(18-5-4-14-26-18)24-12-10-23(11-13-24)17-8-6-16(21)7-9-17/h4-9,14-15,20H,3,10-13H2,1-2H3,(H,22,25)/p+1/t15-,20+/m1/s1.